The van der Waals surface area contributed by atoms with Crippen LogP contribution in [-0.2, 0) is 0 Å². The second-order valence-corrected chi connectivity index (χ2v) is 2.50. The van der Waals surface area contributed by atoms with Gasteiger partial charge in [0.25, 0.3) is 11.6 Å². The number of Topliss-reactive ketones (excluding diaryl/α,β-unsaturated/α-hetero) is 2. The molecule has 0 atom stereocenters. The van der Waals surface area contributed by atoms with E-state index in [-0.39, 0.29) is 11.4 Å². The van der Waals surface area contributed by atoms with Crippen LogP contribution in [0, 0.1) is 0 Å². The van der Waals surface area contributed by atoms with Gasteiger partial charge in [-0.25, -0.2) is 9.97 Å². The fraction of sp³-hybridized carbons (Fsp3) is 0. The summed E-state index contributed by atoms with van der Waals surface area (Å²) in [6.45, 7) is 0. The molecule has 0 saturated heterocycles. The molecule has 1 heterocycles. The van der Waals surface area contributed by atoms with Crippen LogP contribution in [0.4, 0.5) is 0 Å². The first-order valence-electron chi connectivity index (χ1n) is 3.94. The predicted octanol–water partition coefficient (Wildman–Crippen LogP) is -0.557. The Kier molecular flexibility index (Phi) is 3.63. The van der Waals surface area contributed by atoms with E-state index >= 15 is 0 Å². The SMILES string of the molecule is [N-]=[N+]=CC(=O)c1cnc(C(=O)C=[N+]=[N-])cn1. The Morgan fingerprint density at radius 3 is 1.62 bits per heavy atom. The number of nitrogens with zero attached hydrogens (tertiary/aromatic N) is 6. The first kappa shape index (κ1) is 11.3. The van der Waals surface area contributed by atoms with Crippen molar-refractivity contribution in [2.24, 2.45) is 0 Å². The first-order chi connectivity index (χ1) is 7.69. The Morgan fingerprint density at radius 1 is 1.00 bits per heavy atom. The van der Waals surface area contributed by atoms with Crippen molar-refractivity contribution in [3.05, 3.63) is 34.8 Å². The number of carbonyl (C=O) groups is 2. The molecule has 0 N–H and O–H groups in total. The lowest BCUT2D eigenvalue weighted by atomic mass is 10.3. The van der Waals surface area contributed by atoms with Crippen LogP contribution >= 0.6 is 0 Å². The van der Waals surface area contributed by atoms with E-state index < -0.39 is 11.6 Å². The molecule has 0 aliphatic carbocycles. The summed E-state index contributed by atoms with van der Waals surface area (Å²) in [7, 11) is 0. The van der Waals surface area contributed by atoms with Crippen LogP contribution in [-0.4, -0.2) is 43.5 Å². The summed E-state index contributed by atoms with van der Waals surface area (Å²) in [6, 6.07) is 0. The Hall–Kier alpha value is -2.82. The Labute approximate surface area is 88.8 Å². The van der Waals surface area contributed by atoms with Crippen LogP contribution in [0.1, 0.15) is 21.0 Å². The van der Waals surface area contributed by atoms with Gasteiger partial charge in [0, 0.05) is 0 Å². The Balaban J connectivity index is 2.99. The summed E-state index contributed by atoms with van der Waals surface area (Å²) in [5, 5.41) is 0. The molecule has 1 rings (SSSR count). The van der Waals surface area contributed by atoms with Crippen molar-refractivity contribution in [1.82, 2.24) is 9.97 Å². The molecule has 8 nitrogen and oxygen atoms in total. The highest BCUT2D eigenvalue weighted by molar-refractivity contribution is 6.33. The van der Waals surface area contributed by atoms with Gasteiger partial charge in [-0.05, 0) is 0 Å². The molecule has 0 amide bonds. The topological polar surface area (TPSA) is 133 Å². The molecule has 0 fully saturated rings. The maximum absolute atomic E-state index is 11.1. The number of ketones is 2. The molecule has 0 radical (unpaired) electrons. The smallest absolute Gasteiger partial charge is 0.329 e. The molecule has 0 saturated carbocycles. The van der Waals surface area contributed by atoms with Crippen LogP contribution in [0.2, 0.25) is 0 Å². The molecule has 0 bridgehead atoms. The first-order valence-corrected chi connectivity index (χ1v) is 3.94. The fourth-order valence-electron chi connectivity index (χ4n) is 0.820. The molecule has 0 aliphatic heterocycles. The molecular weight excluding hydrogens is 212 g/mol. The molecule has 8 heteroatoms. The van der Waals surface area contributed by atoms with Crippen molar-refractivity contribution in [3.63, 3.8) is 0 Å². The number of carbonyl (C=O) groups excluding carboxylic acids is 2. The number of hydrogen-bond acceptors (Lipinski definition) is 4. The predicted molar refractivity (Wildman–Crippen MR) is 50.1 cm³/mol. The van der Waals surface area contributed by atoms with Crippen molar-refractivity contribution >= 4 is 24.0 Å². The van der Waals surface area contributed by atoms with Gasteiger partial charge in [-0.2, -0.15) is 9.58 Å². The van der Waals surface area contributed by atoms with E-state index in [0.29, 0.717) is 12.4 Å². The third-order valence-corrected chi connectivity index (χ3v) is 1.51. The summed E-state index contributed by atoms with van der Waals surface area (Å²) in [6.07, 6.45) is 3.40. The zero-order valence-corrected chi connectivity index (χ0v) is 7.81. The minimum atomic E-state index is -0.648. The van der Waals surface area contributed by atoms with E-state index in [2.05, 4.69) is 19.5 Å². The monoisotopic (exact) mass is 216 g/mol. The highest BCUT2D eigenvalue weighted by Crippen LogP contribution is 1.95. The standard InChI is InChI=1S/C8H4N6O2/c9-13-3-7(15)5-1-11-6(2-12-5)8(16)4-14-10/h1-4H. The second kappa shape index (κ2) is 5.16. The molecule has 0 unspecified atom stereocenters. The molecule has 0 spiro atoms. The average molecular weight is 216 g/mol. The molecule has 16 heavy (non-hydrogen) atoms. The molecular formula is C8H4N6O2. The molecule has 78 valence electrons. The minimum Gasteiger partial charge on any atom is -0.361 e. The lowest BCUT2D eigenvalue weighted by Gasteiger charge is -1.92. The van der Waals surface area contributed by atoms with E-state index in [1.54, 1.807) is 0 Å². The zero-order chi connectivity index (χ0) is 12.0. The van der Waals surface area contributed by atoms with Crippen molar-refractivity contribution in [2.75, 3.05) is 0 Å². The van der Waals surface area contributed by atoms with Gasteiger partial charge in [0.1, 0.15) is 11.4 Å². The van der Waals surface area contributed by atoms with Gasteiger partial charge in [-0.3, -0.25) is 9.59 Å². The highest BCUT2D eigenvalue weighted by atomic mass is 16.1. The molecule has 0 aromatic carbocycles. The minimum absolute atomic E-state index is 0.0738. The molecule has 1 aromatic rings. The Bertz CT molecular complexity index is 473. The number of hydrogen-bond donors (Lipinski definition) is 0. The zero-order valence-electron chi connectivity index (χ0n) is 7.81. The lowest BCUT2D eigenvalue weighted by molar-refractivity contribution is 0.00202. The quantitative estimate of drug-likeness (QED) is 0.288. The van der Waals surface area contributed by atoms with E-state index in [4.69, 9.17) is 11.1 Å². The number of aromatic nitrogens is 2. The highest BCUT2D eigenvalue weighted by Gasteiger charge is 2.13. The van der Waals surface area contributed by atoms with E-state index in [1.165, 1.54) is 0 Å². The fourth-order valence-corrected chi connectivity index (χ4v) is 0.820. The van der Waals surface area contributed by atoms with Gasteiger partial charge in [-0.1, -0.05) is 0 Å². The molecule has 0 aliphatic rings. The largest absolute Gasteiger partial charge is 0.361 e. The van der Waals surface area contributed by atoms with Gasteiger partial charge >= 0.3 is 12.4 Å². The van der Waals surface area contributed by atoms with Crippen molar-refractivity contribution in [3.8, 4) is 0 Å². The average Bonchev–Trinajstić information content (AvgIpc) is 2.30. The summed E-state index contributed by atoms with van der Waals surface area (Å²) < 4.78 is 0. The van der Waals surface area contributed by atoms with Crippen LogP contribution in [0.5, 0.6) is 0 Å². The van der Waals surface area contributed by atoms with E-state index in [9.17, 15) is 9.59 Å². The summed E-state index contributed by atoms with van der Waals surface area (Å²) in [5.41, 5.74) is 16.1. The Morgan fingerprint density at radius 2 is 1.38 bits per heavy atom. The van der Waals surface area contributed by atoms with Crippen LogP contribution in [0.15, 0.2) is 12.4 Å². The van der Waals surface area contributed by atoms with Crippen molar-refractivity contribution in [2.45, 2.75) is 0 Å². The summed E-state index contributed by atoms with van der Waals surface area (Å²) in [5.74, 6) is -1.30. The van der Waals surface area contributed by atoms with Gasteiger partial charge in [0.2, 0.25) is 0 Å². The maximum Gasteiger partial charge on any atom is 0.329 e. The molecule has 1 aromatic heterocycles. The summed E-state index contributed by atoms with van der Waals surface area (Å²) >= 11 is 0. The van der Waals surface area contributed by atoms with E-state index in [0.717, 1.165) is 12.4 Å². The van der Waals surface area contributed by atoms with Crippen molar-refractivity contribution in [1.29, 1.82) is 0 Å². The van der Waals surface area contributed by atoms with Crippen molar-refractivity contribution < 1.29 is 19.2 Å². The maximum atomic E-state index is 11.1. The third kappa shape index (κ3) is 2.58. The van der Waals surface area contributed by atoms with Gasteiger partial charge < -0.3 is 11.1 Å². The third-order valence-electron chi connectivity index (χ3n) is 1.51. The van der Waals surface area contributed by atoms with Crippen LogP contribution in [0.25, 0.3) is 11.1 Å². The van der Waals surface area contributed by atoms with Crippen LogP contribution in [0.3, 0.4) is 0 Å². The second-order valence-electron chi connectivity index (χ2n) is 2.50. The van der Waals surface area contributed by atoms with Crippen LogP contribution < -0.4 is 0 Å². The van der Waals surface area contributed by atoms with Gasteiger partial charge in [-0.15, -0.1) is 0 Å². The lowest BCUT2D eigenvalue weighted by Crippen LogP contribution is -2.09. The van der Waals surface area contributed by atoms with E-state index in [1.807, 2.05) is 0 Å². The van der Waals surface area contributed by atoms with Gasteiger partial charge in [0.05, 0.1) is 12.4 Å². The summed E-state index contributed by atoms with van der Waals surface area (Å²) in [4.78, 5) is 34.5. The number of rotatable bonds is 4. The normalized spacial score (nSPS) is 8.50. The van der Waals surface area contributed by atoms with Gasteiger partial charge in [0.15, 0.2) is 0 Å².